The van der Waals surface area contributed by atoms with Gasteiger partial charge in [0.15, 0.2) is 0 Å². The zero-order valence-electron chi connectivity index (χ0n) is 19.2. The Morgan fingerprint density at radius 2 is 1.77 bits per heavy atom. The van der Waals surface area contributed by atoms with Crippen molar-refractivity contribution in [3.63, 3.8) is 0 Å². The molecule has 35 heavy (non-hydrogen) atoms. The van der Waals surface area contributed by atoms with Crippen molar-refractivity contribution >= 4 is 29.0 Å². The van der Waals surface area contributed by atoms with Gasteiger partial charge in [-0.1, -0.05) is 29.8 Å². The molecule has 1 atom stereocenters. The molecule has 2 N–H and O–H groups in total. The van der Waals surface area contributed by atoms with Crippen molar-refractivity contribution in [1.82, 2.24) is 10.2 Å². The lowest BCUT2D eigenvalue weighted by atomic mass is 9.88. The molecular weight excluding hydrogens is 463 g/mol. The molecule has 1 saturated heterocycles. The number of hydrogen-bond donors (Lipinski definition) is 2. The first-order valence-electron chi connectivity index (χ1n) is 11.0. The zero-order valence-corrected chi connectivity index (χ0v) is 19.2. The van der Waals surface area contributed by atoms with Gasteiger partial charge in [-0.05, 0) is 48.7 Å². The molecule has 0 aliphatic carbocycles. The highest BCUT2D eigenvalue weighted by atomic mass is 19.4. The van der Waals surface area contributed by atoms with Crippen LogP contribution >= 0.6 is 0 Å². The van der Waals surface area contributed by atoms with Crippen molar-refractivity contribution in [1.29, 1.82) is 0 Å². The third kappa shape index (κ3) is 5.01. The van der Waals surface area contributed by atoms with Crippen molar-refractivity contribution in [2.24, 2.45) is 0 Å². The highest BCUT2D eigenvalue weighted by Gasteiger charge is 2.65. The molecule has 1 spiro atoms. The number of nitrogens with one attached hydrogen (secondary N) is 2. The fraction of sp³-hybridized carbons (Fsp3) is 0.320. The molecule has 0 saturated carbocycles. The third-order valence-corrected chi connectivity index (χ3v) is 6.11. The SMILES string of the molecule is COc1ccc(NC(=O)C2=C(c3ccc(C)cc3)CC3(NC2=O)C(=O)N3CCCC(F)(F)F)cc1. The molecular formula is C25H24F3N3O4. The summed E-state index contributed by atoms with van der Waals surface area (Å²) in [7, 11) is 1.51. The van der Waals surface area contributed by atoms with E-state index < -0.39 is 36.0 Å². The second-order valence-electron chi connectivity index (χ2n) is 8.57. The summed E-state index contributed by atoms with van der Waals surface area (Å²) in [5, 5.41) is 5.27. The van der Waals surface area contributed by atoms with E-state index in [1.165, 1.54) is 12.0 Å². The number of nitrogens with zero attached hydrogens (tertiary/aromatic N) is 1. The van der Waals surface area contributed by atoms with Gasteiger partial charge in [0.25, 0.3) is 17.7 Å². The van der Waals surface area contributed by atoms with Gasteiger partial charge >= 0.3 is 6.18 Å². The molecule has 0 aromatic heterocycles. The van der Waals surface area contributed by atoms with E-state index >= 15 is 0 Å². The second kappa shape index (κ2) is 9.09. The van der Waals surface area contributed by atoms with Crippen LogP contribution in [0.15, 0.2) is 54.1 Å². The number of hydrogen-bond acceptors (Lipinski definition) is 4. The van der Waals surface area contributed by atoms with Gasteiger partial charge < -0.3 is 20.3 Å². The number of ether oxygens (including phenoxy) is 1. The number of anilines is 1. The minimum absolute atomic E-state index is 0.0297. The van der Waals surface area contributed by atoms with Gasteiger partial charge in [-0.3, -0.25) is 14.4 Å². The van der Waals surface area contributed by atoms with E-state index in [1.807, 2.05) is 19.1 Å². The number of halogens is 3. The molecule has 10 heteroatoms. The summed E-state index contributed by atoms with van der Waals surface area (Å²) in [5.74, 6) is -1.29. The standard InChI is InChI=1S/C25H24F3N3O4/c1-15-4-6-16(7-5-15)19-14-24(23(34)31(24)13-3-12-25(26,27)28)30-22(33)20(19)21(32)29-17-8-10-18(35-2)11-9-17/h4-11H,3,12-14H2,1-2H3,(H,29,32)(H,30,33). The lowest BCUT2D eigenvalue weighted by Gasteiger charge is -2.27. The van der Waals surface area contributed by atoms with Crippen LogP contribution in [-0.2, 0) is 14.4 Å². The van der Waals surface area contributed by atoms with Gasteiger partial charge in [0.1, 0.15) is 11.3 Å². The number of amides is 3. The summed E-state index contributed by atoms with van der Waals surface area (Å²) in [6.45, 7) is 1.74. The average Bonchev–Trinajstić information content (AvgIpc) is 3.32. The van der Waals surface area contributed by atoms with E-state index in [1.54, 1.807) is 36.4 Å². The molecule has 7 nitrogen and oxygen atoms in total. The summed E-state index contributed by atoms with van der Waals surface area (Å²) in [5.41, 5.74) is 0.754. The number of benzene rings is 2. The van der Waals surface area contributed by atoms with Crippen LogP contribution in [0, 0.1) is 6.92 Å². The molecule has 2 aromatic rings. The van der Waals surface area contributed by atoms with Crippen molar-refractivity contribution < 1.29 is 32.3 Å². The summed E-state index contributed by atoms with van der Waals surface area (Å²) >= 11 is 0. The highest BCUT2D eigenvalue weighted by molar-refractivity contribution is 6.30. The number of rotatable bonds is 7. The van der Waals surface area contributed by atoms with E-state index in [2.05, 4.69) is 10.6 Å². The average molecular weight is 487 g/mol. The monoisotopic (exact) mass is 487 g/mol. The predicted molar refractivity (Wildman–Crippen MR) is 122 cm³/mol. The lowest BCUT2D eigenvalue weighted by molar-refractivity contribution is -0.136. The van der Waals surface area contributed by atoms with Crippen LogP contribution in [0.3, 0.4) is 0 Å². The highest BCUT2D eigenvalue weighted by Crippen LogP contribution is 2.44. The summed E-state index contributed by atoms with van der Waals surface area (Å²) in [6, 6.07) is 13.7. The van der Waals surface area contributed by atoms with Gasteiger partial charge in [0.2, 0.25) is 5.66 Å². The predicted octanol–water partition coefficient (Wildman–Crippen LogP) is 3.80. The first-order valence-corrected chi connectivity index (χ1v) is 11.0. The van der Waals surface area contributed by atoms with Crippen LogP contribution < -0.4 is 15.4 Å². The molecule has 1 fully saturated rings. The number of carbonyl (C=O) groups excluding carboxylic acids is 3. The number of aryl methyl sites for hydroxylation is 1. The minimum atomic E-state index is -4.33. The van der Waals surface area contributed by atoms with Crippen molar-refractivity contribution in [3.8, 4) is 5.75 Å². The lowest BCUT2D eigenvalue weighted by Crippen LogP contribution is -2.48. The van der Waals surface area contributed by atoms with Gasteiger partial charge in [0.05, 0.1) is 7.11 Å². The van der Waals surface area contributed by atoms with Crippen LogP contribution in [0.5, 0.6) is 5.75 Å². The van der Waals surface area contributed by atoms with E-state index in [0.717, 1.165) is 5.56 Å². The van der Waals surface area contributed by atoms with Crippen LogP contribution in [0.1, 0.15) is 30.4 Å². The minimum Gasteiger partial charge on any atom is -0.497 e. The van der Waals surface area contributed by atoms with Crippen LogP contribution in [-0.4, -0.2) is 48.1 Å². The van der Waals surface area contributed by atoms with E-state index in [-0.39, 0.29) is 25.0 Å². The first kappa shape index (κ1) is 24.3. The smallest absolute Gasteiger partial charge is 0.389 e. The maximum Gasteiger partial charge on any atom is 0.389 e. The molecule has 184 valence electrons. The normalized spacial score (nSPS) is 19.6. The molecule has 1 unspecified atom stereocenters. The topological polar surface area (TPSA) is 87.5 Å². The Bertz CT molecular complexity index is 1190. The van der Waals surface area contributed by atoms with Gasteiger partial charge in [-0.25, -0.2) is 0 Å². The maximum absolute atomic E-state index is 13.2. The molecule has 4 rings (SSSR count). The zero-order chi connectivity index (χ0) is 25.4. The van der Waals surface area contributed by atoms with Gasteiger partial charge in [0, 0.05) is 25.1 Å². The van der Waals surface area contributed by atoms with E-state index in [9.17, 15) is 27.6 Å². The molecule has 2 heterocycles. The Labute approximate surface area is 199 Å². The van der Waals surface area contributed by atoms with E-state index in [0.29, 0.717) is 22.6 Å². The third-order valence-electron chi connectivity index (χ3n) is 6.11. The van der Waals surface area contributed by atoms with Gasteiger partial charge in [-0.15, -0.1) is 0 Å². The Hall–Kier alpha value is -3.82. The largest absolute Gasteiger partial charge is 0.497 e. The summed E-state index contributed by atoms with van der Waals surface area (Å²) in [6.07, 6.45) is -5.67. The molecule has 2 aliphatic rings. The molecule has 2 aliphatic heterocycles. The second-order valence-corrected chi connectivity index (χ2v) is 8.57. The maximum atomic E-state index is 13.2. The van der Waals surface area contributed by atoms with Crippen molar-refractivity contribution in [2.45, 2.75) is 38.0 Å². The number of carbonyl (C=O) groups is 3. The van der Waals surface area contributed by atoms with Crippen LogP contribution in [0.4, 0.5) is 18.9 Å². The summed E-state index contributed by atoms with van der Waals surface area (Å²) in [4.78, 5) is 40.2. The van der Waals surface area contributed by atoms with Crippen LogP contribution in [0.2, 0.25) is 0 Å². The Balaban J connectivity index is 1.63. The molecule has 0 bridgehead atoms. The number of alkyl halides is 3. The quantitative estimate of drug-likeness (QED) is 0.460. The van der Waals surface area contributed by atoms with Crippen molar-refractivity contribution in [2.75, 3.05) is 19.0 Å². The fourth-order valence-electron chi connectivity index (χ4n) is 4.22. The number of methoxy groups -OCH3 is 1. The van der Waals surface area contributed by atoms with E-state index in [4.69, 9.17) is 4.74 Å². The Morgan fingerprint density at radius 1 is 1.11 bits per heavy atom. The van der Waals surface area contributed by atoms with Crippen molar-refractivity contribution in [3.05, 3.63) is 65.2 Å². The molecule has 0 radical (unpaired) electrons. The fourth-order valence-corrected chi connectivity index (χ4v) is 4.22. The Kier molecular flexibility index (Phi) is 6.31. The van der Waals surface area contributed by atoms with Crippen LogP contribution in [0.25, 0.3) is 5.57 Å². The Morgan fingerprint density at radius 3 is 2.37 bits per heavy atom. The molecule has 2 aromatic carbocycles. The van der Waals surface area contributed by atoms with Gasteiger partial charge in [-0.2, -0.15) is 13.2 Å². The first-order chi connectivity index (χ1) is 16.5. The summed E-state index contributed by atoms with van der Waals surface area (Å²) < 4.78 is 42.8. The molecule has 3 amide bonds.